The van der Waals surface area contributed by atoms with Gasteiger partial charge in [-0.25, -0.2) is 0 Å². The minimum Gasteiger partial charge on any atom is -0.313 e. The van der Waals surface area contributed by atoms with Gasteiger partial charge in [0.05, 0.1) is 6.20 Å². The van der Waals surface area contributed by atoms with Gasteiger partial charge in [0, 0.05) is 28.8 Å². The number of aromatic nitrogens is 2. The van der Waals surface area contributed by atoms with Crippen LogP contribution in [0.2, 0.25) is 5.02 Å². The highest BCUT2D eigenvalue weighted by atomic mass is 79.9. The predicted octanol–water partition coefficient (Wildman–Crippen LogP) is 3.73. The van der Waals surface area contributed by atoms with Crippen LogP contribution in [0.15, 0.2) is 35.1 Å². The number of hydrogen-bond acceptors (Lipinski definition) is 2. The molecule has 1 aromatic carbocycles. The number of aryl methyl sites for hydroxylation is 2. The molecule has 3 nitrogen and oxygen atoms in total. The quantitative estimate of drug-likeness (QED) is 0.897. The predicted molar refractivity (Wildman–Crippen MR) is 82.5 cm³/mol. The zero-order valence-electron chi connectivity index (χ0n) is 11.0. The van der Waals surface area contributed by atoms with E-state index < -0.39 is 0 Å². The number of nitrogens with one attached hydrogen (secondary N) is 1. The molecule has 0 bridgehead atoms. The molecular formula is C14H17BrClN3. The average molecular weight is 343 g/mol. The number of hydrogen-bond donors (Lipinski definition) is 1. The van der Waals surface area contributed by atoms with Gasteiger partial charge in [-0.3, -0.25) is 4.68 Å². The Labute approximate surface area is 127 Å². The number of nitrogens with zero attached hydrogens (tertiary/aromatic N) is 2. The second kappa shape index (κ2) is 6.55. The van der Waals surface area contributed by atoms with Gasteiger partial charge >= 0.3 is 0 Å². The Bertz CT molecular complexity index is 553. The minimum atomic E-state index is 0.241. The van der Waals surface area contributed by atoms with E-state index in [-0.39, 0.29) is 6.04 Å². The highest BCUT2D eigenvalue weighted by molar-refractivity contribution is 9.10. The van der Waals surface area contributed by atoms with Crippen molar-refractivity contribution in [3.8, 4) is 0 Å². The van der Waals surface area contributed by atoms with Crippen LogP contribution in [0.1, 0.15) is 23.6 Å². The minimum absolute atomic E-state index is 0.241. The van der Waals surface area contributed by atoms with Gasteiger partial charge in [0.1, 0.15) is 0 Å². The lowest BCUT2D eigenvalue weighted by Gasteiger charge is -2.18. The molecular weight excluding hydrogens is 326 g/mol. The summed E-state index contributed by atoms with van der Waals surface area (Å²) in [6, 6.07) is 6.20. The number of rotatable bonds is 5. The molecule has 0 saturated carbocycles. The Morgan fingerprint density at radius 2 is 2.26 bits per heavy atom. The highest BCUT2D eigenvalue weighted by Crippen LogP contribution is 2.29. The molecule has 0 fully saturated rings. The summed E-state index contributed by atoms with van der Waals surface area (Å²) in [5.41, 5.74) is 2.37. The molecule has 0 radical (unpaired) electrons. The van der Waals surface area contributed by atoms with Gasteiger partial charge in [-0.1, -0.05) is 27.5 Å². The van der Waals surface area contributed by atoms with Crippen molar-refractivity contribution >= 4 is 27.5 Å². The van der Waals surface area contributed by atoms with Crippen LogP contribution in [-0.2, 0) is 13.5 Å². The van der Waals surface area contributed by atoms with Crippen molar-refractivity contribution < 1.29 is 0 Å². The lowest BCUT2D eigenvalue weighted by molar-refractivity contribution is 0.549. The van der Waals surface area contributed by atoms with E-state index in [0.717, 1.165) is 27.9 Å². The largest absolute Gasteiger partial charge is 0.313 e. The van der Waals surface area contributed by atoms with Crippen molar-refractivity contribution in [2.75, 3.05) is 7.05 Å². The van der Waals surface area contributed by atoms with E-state index in [1.165, 1.54) is 5.56 Å². The first-order chi connectivity index (χ1) is 9.10. The fraction of sp³-hybridized carbons (Fsp3) is 0.357. The molecule has 1 N–H and O–H groups in total. The summed E-state index contributed by atoms with van der Waals surface area (Å²) >= 11 is 9.77. The van der Waals surface area contributed by atoms with E-state index in [1.54, 1.807) is 0 Å². The third kappa shape index (κ3) is 3.81. The van der Waals surface area contributed by atoms with Crippen molar-refractivity contribution in [1.29, 1.82) is 0 Å². The second-order valence-corrected chi connectivity index (χ2v) is 5.89. The highest BCUT2D eigenvalue weighted by Gasteiger charge is 2.13. The van der Waals surface area contributed by atoms with Crippen molar-refractivity contribution in [1.82, 2.24) is 15.1 Å². The fourth-order valence-corrected chi connectivity index (χ4v) is 2.78. The molecule has 0 spiro atoms. The Morgan fingerprint density at radius 3 is 2.89 bits per heavy atom. The molecule has 2 rings (SSSR count). The summed E-state index contributed by atoms with van der Waals surface area (Å²) in [6.45, 7) is 0. The van der Waals surface area contributed by atoms with Gasteiger partial charge in [-0.05, 0) is 49.2 Å². The lowest BCUT2D eigenvalue weighted by atomic mass is 10.0. The maximum Gasteiger partial charge on any atom is 0.0521 e. The molecule has 0 amide bonds. The van der Waals surface area contributed by atoms with Crippen LogP contribution in [0, 0.1) is 0 Å². The van der Waals surface area contributed by atoms with Gasteiger partial charge in [-0.2, -0.15) is 5.10 Å². The van der Waals surface area contributed by atoms with Crippen LogP contribution in [0.5, 0.6) is 0 Å². The van der Waals surface area contributed by atoms with Crippen molar-refractivity contribution in [2.24, 2.45) is 7.05 Å². The average Bonchev–Trinajstić information content (AvgIpc) is 2.80. The molecule has 1 unspecified atom stereocenters. The van der Waals surface area contributed by atoms with Crippen molar-refractivity contribution in [3.05, 3.63) is 51.2 Å². The number of halogens is 2. The molecule has 19 heavy (non-hydrogen) atoms. The van der Waals surface area contributed by atoms with Crippen LogP contribution >= 0.6 is 27.5 Å². The van der Waals surface area contributed by atoms with Gasteiger partial charge in [0.2, 0.25) is 0 Å². The van der Waals surface area contributed by atoms with Crippen molar-refractivity contribution in [3.63, 3.8) is 0 Å². The van der Waals surface area contributed by atoms with Crippen LogP contribution in [0.25, 0.3) is 0 Å². The molecule has 0 aliphatic carbocycles. The maximum atomic E-state index is 6.28. The normalized spacial score (nSPS) is 12.6. The van der Waals surface area contributed by atoms with E-state index in [1.807, 2.05) is 37.1 Å². The summed E-state index contributed by atoms with van der Waals surface area (Å²) in [6.07, 6.45) is 5.92. The molecule has 0 aliphatic heterocycles. The third-order valence-corrected chi connectivity index (χ3v) is 4.00. The summed E-state index contributed by atoms with van der Waals surface area (Å²) in [7, 11) is 3.90. The molecule has 0 aliphatic rings. The van der Waals surface area contributed by atoms with Gasteiger partial charge in [-0.15, -0.1) is 0 Å². The molecule has 1 atom stereocenters. The Morgan fingerprint density at radius 1 is 1.47 bits per heavy atom. The van der Waals surface area contributed by atoms with Gasteiger partial charge < -0.3 is 5.32 Å². The van der Waals surface area contributed by atoms with E-state index >= 15 is 0 Å². The molecule has 1 heterocycles. The number of benzene rings is 1. The second-order valence-electron chi connectivity index (χ2n) is 4.57. The van der Waals surface area contributed by atoms with Crippen molar-refractivity contribution in [2.45, 2.75) is 18.9 Å². The van der Waals surface area contributed by atoms with E-state index in [0.29, 0.717) is 0 Å². The first-order valence-corrected chi connectivity index (χ1v) is 7.37. The summed E-state index contributed by atoms with van der Waals surface area (Å²) in [5, 5.41) is 8.32. The first kappa shape index (κ1) is 14.6. The van der Waals surface area contributed by atoms with Crippen LogP contribution in [0.4, 0.5) is 0 Å². The molecule has 1 aromatic heterocycles. The van der Waals surface area contributed by atoms with Crippen LogP contribution in [-0.4, -0.2) is 16.8 Å². The third-order valence-electron chi connectivity index (χ3n) is 3.16. The monoisotopic (exact) mass is 341 g/mol. The fourth-order valence-electron chi connectivity index (χ4n) is 2.15. The molecule has 102 valence electrons. The molecule has 2 aromatic rings. The molecule has 0 saturated heterocycles. The van der Waals surface area contributed by atoms with Gasteiger partial charge in [0.15, 0.2) is 0 Å². The Balaban J connectivity index is 2.09. The zero-order valence-corrected chi connectivity index (χ0v) is 13.4. The van der Waals surface area contributed by atoms with E-state index in [9.17, 15) is 0 Å². The summed E-state index contributed by atoms with van der Waals surface area (Å²) in [4.78, 5) is 0. The molecule has 5 heteroatoms. The standard InChI is InChI=1S/C14H17BrClN3/c1-17-14(6-3-10-8-18-19(2)9-10)12-7-11(15)4-5-13(12)16/h4-5,7-9,14,17H,3,6H2,1-2H3. The smallest absolute Gasteiger partial charge is 0.0521 e. The van der Waals surface area contributed by atoms with Crippen LogP contribution in [0.3, 0.4) is 0 Å². The first-order valence-electron chi connectivity index (χ1n) is 6.20. The Kier molecular flexibility index (Phi) is 5.02. The summed E-state index contributed by atoms with van der Waals surface area (Å²) in [5.74, 6) is 0. The lowest BCUT2D eigenvalue weighted by Crippen LogP contribution is -2.17. The Hall–Kier alpha value is -0.840. The van der Waals surface area contributed by atoms with Gasteiger partial charge in [0.25, 0.3) is 0 Å². The van der Waals surface area contributed by atoms with E-state index in [2.05, 4.69) is 38.6 Å². The zero-order chi connectivity index (χ0) is 13.8. The SMILES string of the molecule is CNC(CCc1cnn(C)c1)c1cc(Br)ccc1Cl. The maximum absolute atomic E-state index is 6.28. The van der Waals surface area contributed by atoms with E-state index in [4.69, 9.17) is 11.6 Å². The summed E-state index contributed by atoms with van der Waals surface area (Å²) < 4.78 is 2.88. The topological polar surface area (TPSA) is 29.9 Å². The van der Waals surface area contributed by atoms with Crippen LogP contribution < -0.4 is 5.32 Å².